The van der Waals surface area contributed by atoms with Crippen LogP contribution in [0, 0.1) is 49.4 Å². The van der Waals surface area contributed by atoms with Gasteiger partial charge in [0.15, 0.2) is 0 Å². The Kier molecular flexibility index (Phi) is 436. The first-order valence-corrected chi connectivity index (χ1v) is 0. The van der Waals surface area contributed by atoms with Gasteiger partial charge in [0.2, 0.25) is 0 Å². The van der Waals surface area contributed by atoms with Gasteiger partial charge < -0.3 is 16.4 Å². The standard InChI is InChI=1S/Eu.3O.Rh/q+3;3*-2;+3. The third-order valence-corrected chi connectivity index (χ3v) is 0. The zero-order chi connectivity index (χ0) is 0. The molecule has 0 fully saturated rings. The molecule has 5 heavy (non-hydrogen) atoms. The first-order valence-electron chi connectivity index (χ1n) is 0. The van der Waals surface area contributed by atoms with Crippen molar-refractivity contribution in [2.45, 2.75) is 0 Å². The summed E-state index contributed by atoms with van der Waals surface area (Å²) in [5, 5.41) is 0. The summed E-state index contributed by atoms with van der Waals surface area (Å²) >= 11 is 0. The van der Waals surface area contributed by atoms with Crippen LogP contribution in [0.4, 0.5) is 0 Å². The van der Waals surface area contributed by atoms with E-state index < -0.39 is 0 Å². The molecule has 0 aromatic rings. The first-order chi connectivity index (χ1) is 0. The summed E-state index contributed by atoms with van der Waals surface area (Å²) in [5.41, 5.74) is 0. The zero-order valence-corrected chi connectivity index (χ0v) is 6.00. The summed E-state index contributed by atoms with van der Waals surface area (Å²) in [7, 11) is 0. The van der Waals surface area contributed by atoms with Gasteiger partial charge >= 0.3 is 68.9 Å². The van der Waals surface area contributed by atoms with Crippen LogP contribution >= 0.6 is 0 Å². The Morgan fingerprint density at radius 1 is 0.600 bits per heavy atom. The van der Waals surface area contributed by atoms with Crippen molar-refractivity contribution in [3.8, 4) is 0 Å². The summed E-state index contributed by atoms with van der Waals surface area (Å²) < 4.78 is 0. The molecule has 0 saturated carbocycles. The molecule has 0 aromatic heterocycles. The van der Waals surface area contributed by atoms with Crippen LogP contribution in [0.25, 0.3) is 0 Å². The van der Waals surface area contributed by atoms with E-state index in [0.717, 1.165) is 0 Å². The molecule has 0 heterocycles. The van der Waals surface area contributed by atoms with E-state index in [9.17, 15) is 0 Å². The van der Waals surface area contributed by atoms with Crippen LogP contribution in [-0.2, 0) is 35.9 Å². The molecule has 34 valence electrons. The van der Waals surface area contributed by atoms with Crippen molar-refractivity contribution in [2.75, 3.05) is 0 Å². The molecule has 0 spiro atoms. The second-order valence-electron chi connectivity index (χ2n) is 0. The number of hydrogen-bond donors (Lipinski definition) is 0. The van der Waals surface area contributed by atoms with Gasteiger partial charge in [-0.3, -0.25) is 0 Å². The average molecular weight is 303 g/mol. The molecule has 0 unspecified atom stereocenters. The molecule has 0 atom stereocenters. The summed E-state index contributed by atoms with van der Waals surface area (Å²) in [6.45, 7) is 0. The molecule has 0 radical (unpaired) electrons. The number of rotatable bonds is 0. The van der Waals surface area contributed by atoms with E-state index in [0.29, 0.717) is 0 Å². The smallest absolute Gasteiger partial charge is 2.00 e. The Morgan fingerprint density at radius 2 is 0.600 bits per heavy atom. The minimum atomic E-state index is 0. The van der Waals surface area contributed by atoms with Gasteiger partial charge in [0.25, 0.3) is 0 Å². The molecule has 0 saturated heterocycles. The van der Waals surface area contributed by atoms with E-state index in [1.54, 1.807) is 0 Å². The van der Waals surface area contributed by atoms with Crippen molar-refractivity contribution >= 4 is 0 Å². The molecule has 0 aliphatic rings. The summed E-state index contributed by atoms with van der Waals surface area (Å²) in [6.07, 6.45) is 0. The average Bonchev–Trinajstić information content (AvgIpc) is 0. The quantitative estimate of drug-likeness (QED) is 0.547. The van der Waals surface area contributed by atoms with Crippen LogP contribution in [0.2, 0.25) is 0 Å². The molecule has 0 rings (SSSR count). The van der Waals surface area contributed by atoms with Gasteiger partial charge in [-0.25, -0.2) is 0 Å². The Hall–Kier alpha value is 2.09. The monoisotopic (exact) mass is 304 g/mol. The predicted octanol–water partition coefficient (Wildman–Crippen LogP) is -0.359. The van der Waals surface area contributed by atoms with Gasteiger partial charge in [0, 0.05) is 0 Å². The van der Waals surface area contributed by atoms with Crippen LogP contribution < -0.4 is 0 Å². The fourth-order valence-corrected chi connectivity index (χ4v) is 0. The van der Waals surface area contributed by atoms with E-state index in [2.05, 4.69) is 0 Å². The van der Waals surface area contributed by atoms with Crippen LogP contribution in [0.3, 0.4) is 0 Å². The maximum absolute atomic E-state index is 0. The van der Waals surface area contributed by atoms with Gasteiger partial charge in [0.1, 0.15) is 0 Å². The maximum Gasteiger partial charge on any atom is 3.00 e. The van der Waals surface area contributed by atoms with E-state index in [1.165, 1.54) is 0 Å². The summed E-state index contributed by atoms with van der Waals surface area (Å²) in [6, 6.07) is 0. The number of hydrogen-bond acceptors (Lipinski definition) is 0. The largest absolute Gasteiger partial charge is 3.00 e. The van der Waals surface area contributed by atoms with Crippen LogP contribution in [0.1, 0.15) is 0 Å². The van der Waals surface area contributed by atoms with Gasteiger partial charge in [0.05, 0.1) is 0 Å². The molecule has 0 aromatic carbocycles. The normalized spacial score (nSPS) is 0. The van der Waals surface area contributed by atoms with Crippen LogP contribution in [0.5, 0.6) is 0 Å². The van der Waals surface area contributed by atoms with Crippen molar-refractivity contribution in [3.05, 3.63) is 0 Å². The van der Waals surface area contributed by atoms with Crippen LogP contribution in [0.15, 0.2) is 0 Å². The summed E-state index contributed by atoms with van der Waals surface area (Å²) in [5.74, 6) is 0. The van der Waals surface area contributed by atoms with E-state index in [1.807, 2.05) is 0 Å². The molecular formula is EuO3Rh. The van der Waals surface area contributed by atoms with Crippen molar-refractivity contribution < 1.29 is 85.3 Å². The third kappa shape index (κ3) is 23.3. The first kappa shape index (κ1) is 60.3. The van der Waals surface area contributed by atoms with Gasteiger partial charge in [-0.2, -0.15) is 0 Å². The molecule has 0 aliphatic heterocycles. The molecule has 5 heteroatoms. The molecule has 3 nitrogen and oxygen atoms in total. The second-order valence-corrected chi connectivity index (χ2v) is 0. The third-order valence-electron chi connectivity index (χ3n) is 0. The molecule has 0 amide bonds. The minimum Gasteiger partial charge on any atom is -2.00 e. The zero-order valence-electron chi connectivity index (χ0n) is 1.94. The molecule has 0 bridgehead atoms. The van der Waals surface area contributed by atoms with Crippen molar-refractivity contribution in [2.24, 2.45) is 0 Å². The fraction of sp³-hybridized carbons (Fsp3) is 0. The molecular weight excluding hydrogens is 303 g/mol. The van der Waals surface area contributed by atoms with Crippen LogP contribution in [-0.4, -0.2) is 0 Å². The maximum atomic E-state index is 0. The topological polar surface area (TPSA) is 85.5 Å². The van der Waals surface area contributed by atoms with Gasteiger partial charge in [-0.05, 0) is 0 Å². The van der Waals surface area contributed by atoms with E-state index >= 15 is 0 Å². The van der Waals surface area contributed by atoms with Crippen molar-refractivity contribution in [3.63, 3.8) is 0 Å². The Morgan fingerprint density at radius 3 is 0.600 bits per heavy atom. The minimum absolute atomic E-state index is 0. The molecule has 0 aliphatic carbocycles. The fourth-order valence-electron chi connectivity index (χ4n) is 0. The van der Waals surface area contributed by atoms with Gasteiger partial charge in [-0.1, -0.05) is 0 Å². The second kappa shape index (κ2) is 36.2. The van der Waals surface area contributed by atoms with Crippen molar-refractivity contribution in [1.82, 2.24) is 0 Å². The Balaban J connectivity index is 0. The van der Waals surface area contributed by atoms with Gasteiger partial charge in [-0.15, -0.1) is 0 Å². The summed E-state index contributed by atoms with van der Waals surface area (Å²) in [4.78, 5) is 0. The Bertz CT molecular complexity index is 6.85. The van der Waals surface area contributed by atoms with E-state index in [-0.39, 0.29) is 85.3 Å². The SMILES string of the molecule is [Eu+3].[O-2].[O-2].[O-2].[Rh+3]. The van der Waals surface area contributed by atoms with E-state index in [4.69, 9.17) is 0 Å². The molecule has 0 N–H and O–H groups in total. The predicted molar refractivity (Wildman–Crippen MR) is 2.06 cm³/mol. The van der Waals surface area contributed by atoms with Crippen molar-refractivity contribution in [1.29, 1.82) is 0 Å². The Labute approximate surface area is 83.7 Å².